The third-order valence-corrected chi connectivity index (χ3v) is 2.83. The largest absolute Gasteiger partial charge is 0.417 e. The molecule has 2 nitrogen and oxygen atoms in total. The van der Waals surface area contributed by atoms with Crippen molar-refractivity contribution in [3.05, 3.63) is 44.7 Å². The van der Waals surface area contributed by atoms with Crippen LogP contribution in [-0.2, 0) is 6.18 Å². The van der Waals surface area contributed by atoms with Crippen LogP contribution in [0.2, 0.25) is 0 Å². The second-order valence-electron chi connectivity index (χ2n) is 3.18. The van der Waals surface area contributed by atoms with E-state index in [1.165, 1.54) is 12.3 Å². The molecule has 0 saturated carbocycles. The SMILES string of the molecule is O=c1cc[nH]c2c(Br)ccc(C(F)(F)F)c12. The molecule has 0 atom stereocenters. The van der Waals surface area contributed by atoms with Gasteiger partial charge in [0, 0.05) is 16.7 Å². The van der Waals surface area contributed by atoms with Crippen molar-refractivity contribution in [2.45, 2.75) is 6.18 Å². The Morgan fingerprint density at radius 3 is 2.50 bits per heavy atom. The summed E-state index contributed by atoms with van der Waals surface area (Å²) in [5.41, 5.74) is -1.42. The highest BCUT2D eigenvalue weighted by Gasteiger charge is 2.33. The predicted molar refractivity (Wildman–Crippen MR) is 57.3 cm³/mol. The number of pyridine rings is 1. The van der Waals surface area contributed by atoms with Gasteiger partial charge in [0.2, 0.25) is 0 Å². The van der Waals surface area contributed by atoms with Crippen molar-refractivity contribution in [3.63, 3.8) is 0 Å². The fourth-order valence-electron chi connectivity index (χ4n) is 1.49. The van der Waals surface area contributed by atoms with E-state index in [2.05, 4.69) is 20.9 Å². The summed E-state index contributed by atoms with van der Waals surface area (Å²) in [5.74, 6) is 0. The van der Waals surface area contributed by atoms with Crippen LogP contribution in [0.1, 0.15) is 5.56 Å². The Hall–Kier alpha value is -1.30. The third-order valence-electron chi connectivity index (χ3n) is 2.17. The summed E-state index contributed by atoms with van der Waals surface area (Å²) in [6.45, 7) is 0. The lowest BCUT2D eigenvalue weighted by molar-refractivity contribution is -0.136. The number of alkyl halides is 3. The molecule has 84 valence electrons. The molecule has 0 bridgehead atoms. The maximum atomic E-state index is 12.7. The van der Waals surface area contributed by atoms with Crippen molar-refractivity contribution in [3.8, 4) is 0 Å². The van der Waals surface area contributed by atoms with Crippen molar-refractivity contribution in [2.75, 3.05) is 0 Å². The lowest BCUT2D eigenvalue weighted by atomic mass is 10.1. The smallest absolute Gasteiger partial charge is 0.360 e. The molecule has 0 amide bonds. The van der Waals surface area contributed by atoms with Gasteiger partial charge in [-0.15, -0.1) is 0 Å². The van der Waals surface area contributed by atoms with Crippen molar-refractivity contribution < 1.29 is 13.2 Å². The van der Waals surface area contributed by atoms with Crippen LogP contribution in [0.5, 0.6) is 0 Å². The maximum Gasteiger partial charge on any atom is 0.417 e. The number of benzene rings is 1. The Balaban J connectivity index is 2.99. The van der Waals surface area contributed by atoms with Crippen LogP contribution in [-0.4, -0.2) is 4.98 Å². The van der Waals surface area contributed by atoms with Gasteiger partial charge in [-0.05, 0) is 28.1 Å². The molecule has 0 aliphatic rings. The van der Waals surface area contributed by atoms with Gasteiger partial charge in [-0.3, -0.25) is 4.79 Å². The van der Waals surface area contributed by atoms with Crippen molar-refractivity contribution in [1.29, 1.82) is 0 Å². The average molecular weight is 292 g/mol. The van der Waals surface area contributed by atoms with Crippen LogP contribution >= 0.6 is 15.9 Å². The van der Waals surface area contributed by atoms with E-state index in [0.29, 0.717) is 4.47 Å². The van der Waals surface area contributed by atoms with Gasteiger partial charge in [-0.2, -0.15) is 13.2 Å². The Morgan fingerprint density at radius 1 is 1.19 bits per heavy atom. The minimum absolute atomic E-state index is 0.155. The number of fused-ring (bicyclic) bond motifs is 1. The number of rotatable bonds is 0. The van der Waals surface area contributed by atoms with E-state index in [9.17, 15) is 18.0 Å². The summed E-state index contributed by atoms with van der Waals surface area (Å²) >= 11 is 3.09. The van der Waals surface area contributed by atoms with E-state index in [1.807, 2.05) is 0 Å². The molecule has 0 saturated heterocycles. The first-order valence-corrected chi connectivity index (χ1v) is 5.07. The zero-order chi connectivity index (χ0) is 11.9. The summed E-state index contributed by atoms with van der Waals surface area (Å²) in [4.78, 5) is 14.1. The minimum Gasteiger partial charge on any atom is -0.360 e. The van der Waals surface area contributed by atoms with Crippen molar-refractivity contribution in [2.24, 2.45) is 0 Å². The summed E-state index contributed by atoms with van der Waals surface area (Å²) in [5, 5.41) is -0.343. The molecule has 0 aliphatic carbocycles. The molecule has 0 radical (unpaired) electrons. The highest BCUT2D eigenvalue weighted by molar-refractivity contribution is 9.10. The first-order valence-electron chi connectivity index (χ1n) is 4.28. The fourth-order valence-corrected chi connectivity index (χ4v) is 1.94. The van der Waals surface area contributed by atoms with Gasteiger partial charge >= 0.3 is 6.18 Å². The Morgan fingerprint density at radius 2 is 1.88 bits per heavy atom. The maximum absolute atomic E-state index is 12.7. The van der Waals surface area contributed by atoms with E-state index in [4.69, 9.17) is 0 Å². The van der Waals surface area contributed by atoms with Gasteiger partial charge in [-0.1, -0.05) is 0 Å². The van der Waals surface area contributed by atoms with Crippen LogP contribution in [0.4, 0.5) is 13.2 Å². The number of aromatic amines is 1. The molecule has 1 aromatic heterocycles. The van der Waals surface area contributed by atoms with Gasteiger partial charge in [0.05, 0.1) is 16.5 Å². The number of H-pyrrole nitrogens is 1. The number of nitrogens with one attached hydrogen (secondary N) is 1. The molecule has 6 heteroatoms. The second-order valence-corrected chi connectivity index (χ2v) is 4.04. The Labute approximate surface area is 96.2 Å². The molecule has 1 aromatic carbocycles. The van der Waals surface area contributed by atoms with E-state index >= 15 is 0 Å². The third kappa shape index (κ3) is 1.73. The fraction of sp³-hybridized carbons (Fsp3) is 0.100. The Kier molecular flexibility index (Phi) is 2.53. The standard InChI is InChI=1S/C10H5BrF3NO/c11-6-2-1-5(10(12,13)14)8-7(16)3-4-15-9(6)8/h1-4H,(H,15,16). The van der Waals surface area contributed by atoms with E-state index in [-0.39, 0.29) is 10.9 Å². The minimum atomic E-state index is -4.53. The highest BCUT2D eigenvalue weighted by Crippen LogP contribution is 2.35. The first kappa shape index (κ1) is 11.2. The normalized spacial score (nSPS) is 12.0. The first-order chi connectivity index (χ1) is 7.41. The van der Waals surface area contributed by atoms with Crippen LogP contribution in [0, 0.1) is 0 Å². The molecular weight excluding hydrogens is 287 g/mol. The molecule has 1 heterocycles. The lowest BCUT2D eigenvalue weighted by Crippen LogP contribution is -2.12. The number of halogens is 4. The molecule has 0 aliphatic heterocycles. The number of aromatic nitrogens is 1. The summed E-state index contributed by atoms with van der Waals surface area (Å²) in [6.07, 6.45) is -3.22. The molecule has 0 fully saturated rings. The van der Waals surface area contributed by atoms with Gasteiger partial charge in [0.25, 0.3) is 0 Å². The lowest BCUT2D eigenvalue weighted by Gasteiger charge is -2.10. The monoisotopic (exact) mass is 291 g/mol. The molecule has 0 unspecified atom stereocenters. The summed E-state index contributed by atoms with van der Waals surface area (Å²) in [6, 6.07) is 3.23. The predicted octanol–water partition coefficient (Wildman–Crippen LogP) is 3.31. The van der Waals surface area contributed by atoms with Gasteiger partial charge in [-0.25, -0.2) is 0 Å². The van der Waals surface area contributed by atoms with Gasteiger partial charge in [0.1, 0.15) is 0 Å². The average Bonchev–Trinajstić information content (AvgIpc) is 2.18. The van der Waals surface area contributed by atoms with E-state index in [1.54, 1.807) is 0 Å². The van der Waals surface area contributed by atoms with Gasteiger partial charge in [0.15, 0.2) is 5.43 Å². The summed E-state index contributed by atoms with van der Waals surface area (Å²) in [7, 11) is 0. The molecule has 1 N–H and O–H groups in total. The van der Waals surface area contributed by atoms with Crippen LogP contribution in [0.15, 0.2) is 33.7 Å². The van der Waals surface area contributed by atoms with Gasteiger partial charge < -0.3 is 4.98 Å². The summed E-state index contributed by atoms with van der Waals surface area (Å²) < 4.78 is 38.4. The Bertz CT molecular complexity index is 603. The molecule has 0 spiro atoms. The molecule has 2 aromatic rings. The van der Waals surface area contributed by atoms with Crippen LogP contribution < -0.4 is 5.43 Å². The topological polar surface area (TPSA) is 32.9 Å². The van der Waals surface area contributed by atoms with E-state index in [0.717, 1.165) is 12.1 Å². The second kappa shape index (κ2) is 3.62. The van der Waals surface area contributed by atoms with Crippen LogP contribution in [0.3, 0.4) is 0 Å². The molecular formula is C10H5BrF3NO. The number of hydrogen-bond acceptors (Lipinski definition) is 1. The highest BCUT2D eigenvalue weighted by atomic mass is 79.9. The van der Waals surface area contributed by atoms with Crippen LogP contribution in [0.25, 0.3) is 10.9 Å². The molecule has 2 rings (SSSR count). The quantitative estimate of drug-likeness (QED) is 0.794. The number of hydrogen-bond donors (Lipinski definition) is 1. The van der Waals surface area contributed by atoms with Crippen molar-refractivity contribution >= 4 is 26.8 Å². The van der Waals surface area contributed by atoms with Crippen molar-refractivity contribution in [1.82, 2.24) is 4.98 Å². The zero-order valence-corrected chi connectivity index (χ0v) is 9.32. The van der Waals surface area contributed by atoms with E-state index < -0.39 is 17.2 Å². The molecule has 16 heavy (non-hydrogen) atoms. The zero-order valence-electron chi connectivity index (χ0n) is 7.73.